The van der Waals surface area contributed by atoms with Crippen molar-refractivity contribution in [2.24, 2.45) is 18.9 Å². The molecule has 2 aromatic rings. The molecule has 1 aliphatic heterocycles. The van der Waals surface area contributed by atoms with E-state index in [-0.39, 0.29) is 5.56 Å². The summed E-state index contributed by atoms with van der Waals surface area (Å²) in [4.78, 5) is 14.3. The minimum absolute atomic E-state index is 0.282. The first-order valence-electron chi connectivity index (χ1n) is 7.95. The maximum atomic E-state index is 13.0. The lowest BCUT2D eigenvalue weighted by Crippen LogP contribution is -2.35. The van der Waals surface area contributed by atoms with Crippen molar-refractivity contribution >= 4 is 17.5 Å². The van der Waals surface area contributed by atoms with E-state index in [9.17, 15) is 18.0 Å². The highest BCUT2D eigenvalue weighted by Crippen LogP contribution is 2.58. The molecule has 1 amide bonds. The molecule has 3 atom stereocenters. The van der Waals surface area contributed by atoms with Crippen molar-refractivity contribution in [3.8, 4) is 11.3 Å². The van der Waals surface area contributed by atoms with Gasteiger partial charge in [-0.05, 0) is 18.4 Å². The lowest BCUT2D eigenvalue weighted by molar-refractivity contribution is -0.156. The number of aromatic nitrogens is 2. The molecule has 3 unspecified atom stereocenters. The fourth-order valence-electron chi connectivity index (χ4n) is 3.89. The third kappa shape index (κ3) is 2.61. The number of halogens is 4. The normalized spacial score (nSPS) is 25.2. The lowest BCUT2D eigenvalue weighted by atomic mass is 10.1. The average molecular weight is 370 g/mol. The van der Waals surface area contributed by atoms with Gasteiger partial charge in [0.05, 0.1) is 16.5 Å². The highest BCUT2D eigenvalue weighted by Gasteiger charge is 2.69. The molecule has 0 spiro atoms. The summed E-state index contributed by atoms with van der Waals surface area (Å²) in [5.41, 5.74) is 1.27. The topological polar surface area (TPSA) is 38.1 Å². The largest absolute Gasteiger partial charge is 0.394 e. The number of amides is 1. The summed E-state index contributed by atoms with van der Waals surface area (Å²) < 4.78 is 40.6. The Morgan fingerprint density at radius 3 is 2.68 bits per heavy atom. The van der Waals surface area contributed by atoms with Crippen molar-refractivity contribution in [3.63, 3.8) is 0 Å². The third-order valence-corrected chi connectivity index (χ3v) is 5.35. The Bertz CT molecular complexity index is 848. The summed E-state index contributed by atoms with van der Waals surface area (Å²) in [6, 6.07) is 6.22. The minimum Gasteiger partial charge on any atom is -0.335 e. The average Bonchev–Trinajstić information content (AvgIpc) is 2.92. The van der Waals surface area contributed by atoms with Crippen molar-refractivity contribution in [3.05, 3.63) is 41.0 Å². The van der Waals surface area contributed by atoms with E-state index in [0.29, 0.717) is 29.2 Å². The zero-order valence-electron chi connectivity index (χ0n) is 13.3. The summed E-state index contributed by atoms with van der Waals surface area (Å²) in [5.74, 6) is -2.28. The molecule has 2 heterocycles. The summed E-state index contributed by atoms with van der Waals surface area (Å²) in [6.45, 7) is 0.345. The molecular formula is C17H15ClF3N3O. The van der Waals surface area contributed by atoms with Crippen LogP contribution in [0.15, 0.2) is 30.5 Å². The summed E-state index contributed by atoms with van der Waals surface area (Å²) in [7, 11) is 1.67. The van der Waals surface area contributed by atoms with Crippen LogP contribution in [0.3, 0.4) is 0 Å². The number of piperidine rings is 1. The SMILES string of the molecule is Cn1cc(C(=O)N2CCC3C2C3C(F)(F)F)c(-c2ccccc2Cl)n1. The van der Waals surface area contributed by atoms with E-state index in [1.54, 1.807) is 37.5 Å². The van der Waals surface area contributed by atoms with Gasteiger partial charge in [-0.15, -0.1) is 0 Å². The summed E-state index contributed by atoms with van der Waals surface area (Å²) in [5, 5.41) is 4.74. The number of rotatable bonds is 2. The van der Waals surface area contributed by atoms with Crippen LogP contribution in [0.25, 0.3) is 11.3 Å². The molecule has 0 N–H and O–H groups in total. The van der Waals surface area contributed by atoms with Gasteiger partial charge < -0.3 is 4.90 Å². The van der Waals surface area contributed by atoms with Gasteiger partial charge in [0, 0.05) is 31.4 Å². The van der Waals surface area contributed by atoms with Crippen LogP contribution in [-0.2, 0) is 7.05 Å². The predicted molar refractivity (Wildman–Crippen MR) is 86.1 cm³/mol. The Labute approximate surface area is 147 Å². The smallest absolute Gasteiger partial charge is 0.335 e. The van der Waals surface area contributed by atoms with Gasteiger partial charge in [-0.2, -0.15) is 18.3 Å². The van der Waals surface area contributed by atoms with Crippen molar-refractivity contribution < 1.29 is 18.0 Å². The van der Waals surface area contributed by atoms with E-state index in [1.165, 1.54) is 9.58 Å². The first-order valence-corrected chi connectivity index (χ1v) is 8.33. The first kappa shape index (κ1) is 16.4. The van der Waals surface area contributed by atoms with Gasteiger partial charge in [0.15, 0.2) is 0 Å². The van der Waals surface area contributed by atoms with Gasteiger partial charge in [0.25, 0.3) is 5.91 Å². The molecule has 1 saturated heterocycles. The number of likely N-dealkylation sites (tertiary alicyclic amines) is 1. The molecule has 132 valence electrons. The molecule has 1 aliphatic carbocycles. The van der Waals surface area contributed by atoms with E-state index in [1.807, 2.05) is 0 Å². The molecule has 0 bridgehead atoms. The third-order valence-electron chi connectivity index (χ3n) is 5.02. The number of aryl methyl sites for hydroxylation is 1. The zero-order chi connectivity index (χ0) is 17.9. The molecule has 25 heavy (non-hydrogen) atoms. The Hall–Kier alpha value is -2.02. The maximum Gasteiger partial charge on any atom is 0.394 e. The second-order valence-corrected chi connectivity index (χ2v) is 6.96. The fourth-order valence-corrected chi connectivity index (χ4v) is 4.12. The van der Waals surface area contributed by atoms with Crippen LogP contribution in [0, 0.1) is 11.8 Å². The number of hydrogen-bond donors (Lipinski definition) is 0. The number of carbonyl (C=O) groups excluding carboxylic acids is 1. The Morgan fingerprint density at radius 2 is 2.04 bits per heavy atom. The van der Waals surface area contributed by atoms with E-state index >= 15 is 0 Å². The molecule has 1 saturated carbocycles. The Balaban J connectivity index is 1.68. The van der Waals surface area contributed by atoms with Gasteiger partial charge in [-0.3, -0.25) is 9.48 Å². The van der Waals surface area contributed by atoms with Crippen molar-refractivity contribution in [1.29, 1.82) is 0 Å². The van der Waals surface area contributed by atoms with Crippen LogP contribution in [0.5, 0.6) is 0 Å². The van der Waals surface area contributed by atoms with Crippen LogP contribution >= 0.6 is 11.6 Å². The van der Waals surface area contributed by atoms with E-state index in [0.717, 1.165) is 0 Å². The molecule has 4 nitrogen and oxygen atoms in total. The number of hydrogen-bond acceptors (Lipinski definition) is 2. The molecule has 1 aromatic carbocycles. The highest BCUT2D eigenvalue weighted by molar-refractivity contribution is 6.33. The zero-order valence-corrected chi connectivity index (χ0v) is 14.1. The van der Waals surface area contributed by atoms with E-state index in [4.69, 9.17) is 11.6 Å². The molecular weight excluding hydrogens is 355 g/mol. The summed E-state index contributed by atoms with van der Waals surface area (Å²) >= 11 is 6.20. The van der Waals surface area contributed by atoms with Crippen molar-refractivity contribution in [2.75, 3.05) is 6.54 Å². The van der Waals surface area contributed by atoms with Gasteiger partial charge in [-0.1, -0.05) is 29.8 Å². The number of alkyl halides is 3. The monoisotopic (exact) mass is 369 g/mol. The Morgan fingerprint density at radius 1 is 1.32 bits per heavy atom. The van der Waals surface area contributed by atoms with Crippen molar-refractivity contribution in [2.45, 2.75) is 18.6 Å². The van der Waals surface area contributed by atoms with Crippen LogP contribution < -0.4 is 0 Å². The van der Waals surface area contributed by atoms with Gasteiger partial charge in [0.1, 0.15) is 5.69 Å². The molecule has 2 aliphatic rings. The van der Waals surface area contributed by atoms with Gasteiger partial charge >= 0.3 is 6.18 Å². The lowest BCUT2D eigenvalue weighted by Gasteiger charge is -2.21. The predicted octanol–water partition coefficient (Wildman–Crippen LogP) is 3.76. The number of fused-ring (bicyclic) bond motifs is 1. The Kier molecular flexibility index (Phi) is 3.61. The van der Waals surface area contributed by atoms with Crippen molar-refractivity contribution in [1.82, 2.24) is 14.7 Å². The van der Waals surface area contributed by atoms with Crippen LogP contribution in [0.1, 0.15) is 16.8 Å². The van der Waals surface area contributed by atoms with E-state index in [2.05, 4.69) is 5.10 Å². The van der Waals surface area contributed by atoms with E-state index < -0.39 is 30.0 Å². The van der Waals surface area contributed by atoms with Crippen LogP contribution in [-0.4, -0.2) is 39.4 Å². The first-order chi connectivity index (χ1) is 11.8. The number of carbonyl (C=O) groups is 1. The maximum absolute atomic E-state index is 13.0. The number of benzene rings is 1. The minimum atomic E-state index is -4.26. The van der Waals surface area contributed by atoms with Gasteiger partial charge in [0.2, 0.25) is 0 Å². The number of nitrogens with zero attached hydrogens (tertiary/aromatic N) is 3. The molecule has 2 fully saturated rings. The molecule has 1 aromatic heterocycles. The second kappa shape index (κ2) is 5.49. The molecule has 0 radical (unpaired) electrons. The van der Waals surface area contributed by atoms with Gasteiger partial charge in [-0.25, -0.2) is 0 Å². The molecule has 8 heteroatoms. The highest BCUT2D eigenvalue weighted by atomic mass is 35.5. The molecule has 4 rings (SSSR count). The van der Waals surface area contributed by atoms with Crippen LogP contribution in [0.4, 0.5) is 13.2 Å². The van der Waals surface area contributed by atoms with Crippen LogP contribution in [0.2, 0.25) is 5.02 Å². The fraction of sp³-hybridized carbons (Fsp3) is 0.412. The summed E-state index contributed by atoms with van der Waals surface area (Å²) in [6.07, 6.45) is -2.32. The standard InChI is InChI=1S/C17H15ClF3N3O/c1-23-8-11(14(22-23)9-4-2-3-5-12(9)18)16(25)24-7-6-10-13(15(10)24)17(19,20)21/h2-5,8,10,13,15H,6-7H2,1H3. The second-order valence-electron chi connectivity index (χ2n) is 6.55. The quantitative estimate of drug-likeness (QED) is 0.808.